The number of aromatic nitrogens is 1. The summed E-state index contributed by atoms with van der Waals surface area (Å²) in [5.74, 6) is -0.645. The van der Waals surface area contributed by atoms with Crippen LogP contribution in [0.1, 0.15) is 6.92 Å². The van der Waals surface area contributed by atoms with Crippen LogP contribution in [0.4, 0.5) is 0 Å². The number of aliphatic carboxylic acids is 1. The van der Waals surface area contributed by atoms with Crippen LogP contribution in [0.3, 0.4) is 0 Å². The lowest BCUT2D eigenvalue weighted by Gasteiger charge is -2.00. The highest BCUT2D eigenvalue weighted by Crippen LogP contribution is 2.00. The van der Waals surface area contributed by atoms with Gasteiger partial charge in [0.1, 0.15) is 0 Å². The highest BCUT2D eigenvalue weighted by molar-refractivity contribution is 5.68. The van der Waals surface area contributed by atoms with Gasteiger partial charge in [0.15, 0.2) is 13.2 Å². The molecule has 0 aliphatic carbocycles. The molecule has 0 unspecified atom stereocenters. The summed E-state index contributed by atoms with van der Waals surface area (Å²) < 4.78 is 6.38. The van der Waals surface area contributed by atoms with Crippen LogP contribution in [0.2, 0.25) is 0 Å². The molecule has 1 rings (SSSR count). The van der Waals surface area contributed by atoms with Crippen LogP contribution in [0.15, 0.2) is 24.4 Å². The molecule has 1 aromatic rings. The van der Waals surface area contributed by atoms with Gasteiger partial charge in [-0.15, -0.1) is 0 Å². The third-order valence-electron chi connectivity index (χ3n) is 1.40. The summed E-state index contributed by atoms with van der Waals surface area (Å²) in [6.07, 6.45) is 1.65. The van der Waals surface area contributed by atoms with Crippen LogP contribution in [0.25, 0.3) is 0 Å². The molecule has 0 saturated heterocycles. The number of carboxylic acids is 1. The molecule has 0 aliphatic heterocycles. The molecule has 0 saturated carbocycles. The van der Waals surface area contributed by atoms with E-state index in [2.05, 4.69) is 0 Å². The molecule has 0 atom stereocenters. The van der Waals surface area contributed by atoms with Gasteiger partial charge in [-0.2, -0.15) is 0 Å². The fourth-order valence-electron chi connectivity index (χ4n) is 0.906. The smallest absolute Gasteiger partial charge is 0.417 e. The van der Waals surface area contributed by atoms with Crippen LogP contribution in [0.5, 0.6) is 5.88 Å². The molecule has 0 aliphatic rings. The molecule has 0 radical (unpaired) electrons. The summed E-state index contributed by atoms with van der Waals surface area (Å²) in [5, 5.41) is 8.42. The van der Waals surface area contributed by atoms with Crippen molar-refractivity contribution in [2.75, 3.05) is 13.2 Å². The molecule has 76 valence electrons. The number of carboxylic acid groups (broad SMARTS) is 1. The molecule has 1 aromatic heterocycles. The minimum Gasteiger partial charge on any atom is -0.479 e. The molecule has 5 heteroatoms. The first-order chi connectivity index (χ1) is 6.74. The van der Waals surface area contributed by atoms with Crippen molar-refractivity contribution < 1.29 is 24.2 Å². The van der Waals surface area contributed by atoms with Crippen LogP contribution < -0.4 is 14.3 Å². The first-order valence-electron chi connectivity index (χ1n) is 4.22. The fourth-order valence-corrected chi connectivity index (χ4v) is 0.906. The molecule has 0 bridgehead atoms. The molecule has 0 aromatic carbocycles. The summed E-state index contributed by atoms with van der Waals surface area (Å²) in [6.45, 7) is 1.94. The largest absolute Gasteiger partial charge is 0.479 e. The summed E-state index contributed by atoms with van der Waals surface area (Å²) in [4.78, 5) is 15.4. The van der Waals surface area contributed by atoms with Crippen LogP contribution in [-0.4, -0.2) is 24.3 Å². The number of rotatable bonds is 5. The Labute approximate surface area is 81.5 Å². The molecular formula is C9H12NO4+. The Morgan fingerprint density at radius 1 is 1.57 bits per heavy atom. The van der Waals surface area contributed by atoms with Crippen LogP contribution in [0, 0.1) is 0 Å². The van der Waals surface area contributed by atoms with Gasteiger partial charge in [0.25, 0.3) is 0 Å². The first kappa shape index (κ1) is 10.3. The van der Waals surface area contributed by atoms with E-state index >= 15 is 0 Å². The third kappa shape index (κ3) is 2.93. The number of ether oxygens (including phenoxy) is 1. The van der Waals surface area contributed by atoms with Gasteiger partial charge in [0, 0.05) is 10.8 Å². The molecule has 0 amide bonds. The quantitative estimate of drug-likeness (QED) is 0.670. The minimum atomic E-state index is -1.02. The van der Waals surface area contributed by atoms with E-state index in [1.54, 1.807) is 24.4 Å². The average molecular weight is 198 g/mol. The minimum absolute atomic E-state index is 0.372. The molecule has 1 heterocycles. The second-order valence-electron chi connectivity index (χ2n) is 2.46. The number of pyridine rings is 1. The van der Waals surface area contributed by atoms with Gasteiger partial charge in [-0.25, -0.2) is 4.79 Å². The zero-order chi connectivity index (χ0) is 10.4. The Morgan fingerprint density at radius 3 is 3.00 bits per heavy atom. The fraction of sp³-hybridized carbons (Fsp3) is 0.333. The maximum absolute atomic E-state index is 10.3. The van der Waals surface area contributed by atoms with E-state index in [1.807, 2.05) is 6.92 Å². The van der Waals surface area contributed by atoms with Crippen molar-refractivity contribution in [3.63, 3.8) is 0 Å². The molecular weight excluding hydrogens is 186 g/mol. The Balaban J connectivity index is 2.68. The van der Waals surface area contributed by atoms with Gasteiger partial charge in [-0.3, -0.25) is 4.84 Å². The van der Waals surface area contributed by atoms with Crippen molar-refractivity contribution in [2.24, 2.45) is 0 Å². The van der Waals surface area contributed by atoms with Crippen molar-refractivity contribution in [3.05, 3.63) is 24.4 Å². The number of carbonyl (C=O) groups is 1. The lowest BCUT2D eigenvalue weighted by molar-refractivity contribution is -0.892. The van der Waals surface area contributed by atoms with Gasteiger partial charge in [0.2, 0.25) is 6.20 Å². The monoisotopic (exact) mass is 198 g/mol. The Hall–Kier alpha value is -1.78. The summed E-state index contributed by atoms with van der Waals surface area (Å²) in [5.41, 5.74) is 0. The zero-order valence-electron chi connectivity index (χ0n) is 7.84. The van der Waals surface area contributed by atoms with Crippen LogP contribution >= 0.6 is 0 Å². The lowest BCUT2D eigenvalue weighted by Crippen LogP contribution is -2.43. The van der Waals surface area contributed by atoms with E-state index in [4.69, 9.17) is 14.7 Å². The normalized spacial score (nSPS) is 9.50. The highest BCUT2D eigenvalue weighted by atomic mass is 16.7. The van der Waals surface area contributed by atoms with E-state index in [9.17, 15) is 4.79 Å². The van der Waals surface area contributed by atoms with E-state index in [0.717, 1.165) is 0 Å². The van der Waals surface area contributed by atoms with Crippen molar-refractivity contribution in [3.8, 4) is 5.88 Å². The summed E-state index contributed by atoms with van der Waals surface area (Å²) >= 11 is 0. The van der Waals surface area contributed by atoms with Crippen molar-refractivity contribution in [1.82, 2.24) is 0 Å². The van der Waals surface area contributed by atoms with Gasteiger partial charge in [0.05, 0.1) is 6.07 Å². The van der Waals surface area contributed by atoms with E-state index < -0.39 is 5.97 Å². The van der Waals surface area contributed by atoms with E-state index in [1.165, 1.54) is 4.73 Å². The lowest BCUT2D eigenvalue weighted by atomic mass is 10.5. The zero-order valence-corrected chi connectivity index (χ0v) is 7.84. The van der Waals surface area contributed by atoms with Crippen molar-refractivity contribution >= 4 is 5.97 Å². The second kappa shape index (κ2) is 5.06. The summed E-state index contributed by atoms with van der Waals surface area (Å²) in [6, 6.07) is 5.15. The van der Waals surface area contributed by atoms with E-state index in [0.29, 0.717) is 12.5 Å². The van der Waals surface area contributed by atoms with E-state index in [-0.39, 0.29) is 6.61 Å². The number of hydrogen-bond donors (Lipinski definition) is 1. The molecule has 0 spiro atoms. The second-order valence-corrected chi connectivity index (χ2v) is 2.46. The third-order valence-corrected chi connectivity index (χ3v) is 1.40. The number of nitrogens with zero attached hydrogens (tertiary/aromatic N) is 1. The molecule has 5 nitrogen and oxygen atoms in total. The topological polar surface area (TPSA) is 59.6 Å². The Kier molecular flexibility index (Phi) is 3.72. The Bertz CT molecular complexity index is 313. The molecule has 0 fully saturated rings. The molecule has 14 heavy (non-hydrogen) atoms. The van der Waals surface area contributed by atoms with Gasteiger partial charge in [-0.05, 0) is 13.0 Å². The molecule has 1 N–H and O–H groups in total. The van der Waals surface area contributed by atoms with Crippen LogP contribution in [-0.2, 0) is 4.79 Å². The maximum atomic E-state index is 10.3. The SMILES string of the molecule is CCO[n+]1ccccc1OCC(=O)O. The predicted octanol–water partition coefficient (Wildman–Crippen LogP) is -0.114. The average Bonchev–Trinajstić information content (AvgIpc) is 2.17. The standard InChI is InChI=1S/C9H11NO4/c1-2-14-10-6-4-3-5-8(10)13-7-9(11)12/h3-6H,2,7H2,1H3/p+1. The van der Waals surface area contributed by atoms with Gasteiger partial charge < -0.3 is 9.84 Å². The van der Waals surface area contributed by atoms with Gasteiger partial charge >= 0.3 is 11.8 Å². The van der Waals surface area contributed by atoms with Crippen molar-refractivity contribution in [2.45, 2.75) is 6.92 Å². The predicted molar refractivity (Wildman–Crippen MR) is 46.9 cm³/mol. The maximum Gasteiger partial charge on any atom is 0.417 e. The Morgan fingerprint density at radius 2 is 2.36 bits per heavy atom. The highest BCUT2D eigenvalue weighted by Gasteiger charge is 2.13. The summed E-state index contributed by atoms with van der Waals surface area (Å²) in [7, 11) is 0. The number of hydrogen-bond acceptors (Lipinski definition) is 3. The van der Waals surface area contributed by atoms with Gasteiger partial charge in [-0.1, -0.05) is 0 Å². The first-order valence-corrected chi connectivity index (χ1v) is 4.22. The van der Waals surface area contributed by atoms with Crippen molar-refractivity contribution in [1.29, 1.82) is 0 Å².